The van der Waals surface area contributed by atoms with Crippen molar-refractivity contribution < 1.29 is 9.18 Å². The highest BCUT2D eigenvalue weighted by atomic mass is 35.5. The number of aromatic nitrogens is 4. The predicted molar refractivity (Wildman–Crippen MR) is 114 cm³/mol. The van der Waals surface area contributed by atoms with E-state index in [0.717, 1.165) is 11.1 Å². The van der Waals surface area contributed by atoms with E-state index in [-0.39, 0.29) is 17.5 Å². The molecule has 1 aliphatic carbocycles. The monoisotopic (exact) mass is 438 g/mol. The number of ketones is 1. The smallest absolute Gasteiger partial charge is 0.253 e. The van der Waals surface area contributed by atoms with E-state index in [4.69, 9.17) is 11.6 Å². The molecule has 0 aliphatic heterocycles. The average molecular weight is 439 g/mol. The minimum atomic E-state index is -0.286. The van der Waals surface area contributed by atoms with Crippen LogP contribution in [0.3, 0.4) is 0 Å². The highest BCUT2D eigenvalue weighted by Gasteiger charge is 2.28. The number of hydrogen-bond acceptors (Lipinski definition) is 5. The zero-order chi connectivity index (χ0) is 20.7. The number of hydrogen-bond donors (Lipinski definition) is 0. The Bertz CT molecular complexity index is 1260. The van der Waals surface area contributed by atoms with Crippen LogP contribution in [0, 0.1) is 5.82 Å². The second kappa shape index (κ2) is 7.81. The third kappa shape index (κ3) is 3.70. The zero-order valence-corrected chi connectivity index (χ0v) is 17.3. The zero-order valence-electron chi connectivity index (χ0n) is 15.8. The van der Waals surface area contributed by atoms with Crippen LogP contribution in [0.25, 0.3) is 5.78 Å². The van der Waals surface area contributed by atoms with E-state index < -0.39 is 0 Å². The summed E-state index contributed by atoms with van der Waals surface area (Å²) in [6.07, 6.45) is 2.69. The van der Waals surface area contributed by atoms with Gasteiger partial charge in [-0.05, 0) is 41.7 Å². The van der Waals surface area contributed by atoms with Gasteiger partial charge in [-0.1, -0.05) is 53.7 Å². The topological polar surface area (TPSA) is 60.2 Å². The number of nitrogens with zero attached hydrogens (tertiary/aromatic N) is 4. The van der Waals surface area contributed by atoms with E-state index in [1.807, 2.05) is 24.3 Å². The molecule has 0 saturated heterocycles. The molecule has 2 heterocycles. The van der Waals surface area contributed by atoms with Crippen LogP contribution in [0.2, 0.25) is 5.02 Å². The van der Waals surface area contributed by atoms with Gasteiger partial charge in [-0.15, -0.1) is 5.10 Å². The van der Waals surface area contributed by atoms with E-state index in [1.165, 1.54) is 23.9 Å². The number of thioether (sulfide) groups is 1. The standard InChI is InChI=1S/C22H16ClFN4OS/c23-18-4-2-1-3-14(18)12-30-22-26-21-25-19-9-15(13-5-7-16(24)8-6-13)10-20(29)17(19)11-28(21)27-22/h1-8,11,15H,9-10,12H2/t15-/m1/s1. The minimum Gasteiger partial charge on any atom is -0.294 e. The molecule has 2 aromatic carbocycles. The Morgan fingerprint density at radius 3 is 2.70 bits per heavy atom. The molecule has 1 aliphatic rings. The van der Waals surface area contributed by atoms with Crippen molar-refractivity contribution in [3.05, 3.63) is 88.0 Å². The van der Waals surface area contributed by atoms with Crippen molar-refractivity contribution in [2.75, 3.05) is 0 Å². The molecule has 0 spiro atoms. The number of carbonyl (C=O) groups is 1. The first-order chi connectivity index (χ1) is 14.6. The third-order valence-electron chi connectivity index (χ3n) is 5.22. The molecule has 0 bridgehead atoms. The van der Waals surface area contributed by atoms with Crippen molar-refractivity contribution in [2.45, 2.75) is 29.7 Å². The second-order valence-corrected chi connectivity index (χ2v) is 8.55. The van der Waals surface area contributed by atoms with Crippen LogP contribution in [-0.4, -0.2) is 25.4 Å². The fourth-order valence-corrected chi connectivity index (χ4v) is 4.76. The van der Waals surface area contributed by atoms with Crippen LogP contribution >= 0.6 is 23.4 Å². The van der Waals surface area contributed by atoms with Crippen LogP contribution in [0.5, 0.6) is 0 Å². The van der Waals surface area contributed by atoms with Crippen molar-refractivity contribution in [3.63, 3.8) is 0 Å². The molecule has 0 unspecified atom stereocenters. The summed E-state index contributed by atoms with van der Waals surface area (Å²) in [5, 5.41) is 5.74. The summed E-state index contributed by atoms with van der Waals surface area (Å²) in [4.78, 5) is 21.8. The fraction of sp³-hybridized carbons (Fsp3) is 0.182. The molecule has 150 valence electrons. The maximum atomic E-state index is 13.2. The van der Waals surface area contributed by atoms with Gasteiger partial charge in [0.05, 0.1) is 11.3 Å². The summed E-state index contributed by atoms with van der Waals surface area (Å²) >= 11 is 7.68. The van der Waals surface area contributed by atoms with Crippen molar-refractivity contribution >= 4 is 34.9 Å². The highest BCUT2D eigenvalue weighted by Crippen LogP contribution is 2.32. The Morgan fingerprint density at radius 2 is 1.90 bits per heavy atom. The number of benzene rings is 2. The number of halogens is 2. The predicted octanol–water partition coefficient (Wildman–Crippen LogP) is 5.12. The van der Waals surface area contributed by atoms with E-state index >= 15 is 0 Å². The molecule has 8 heteroatoms. The molecule has 4 aromatic rings. The first-order valence-corrected chi connectivity index (χ1v) is 10.8. The maximum absolute atomic E-state index is 13.2. The lowest BCUT2D eigenvalue weighted by atomic mass is 9.82. The van der Waals surface area contributed by atoms with Crippen LogP contribution < -0.4 is 0 Å². The van der Waals surface area contributed by atoms with Crippen molar-refractivity contribution in [1.29, 1.82) is 0 Å². The summed E-state index contributed by atoms with van der Waals surface area (Å²) in [5.41, 5.74) is 3.23. The van der Waals surface area contributed by atoms with Crippen molar-refractivity contribution in [2.24, 2.45) is 0 Å². The summed E-state index contributed by atoms with van der Waals surface area (Å²) in [6, 6.07) is 14.0. The number of carbonyl (C=O) groups excluding carboxylic acids is 1. The Labute approximate surface area is 181 Å². The van der Waals surface area contributed by atoms with Gasteiger partial charge in [-0.2, -0.15) is 4.98 Å². The third-order valence-corrected chi connectivity index (χ3v) is 6.47. The van der Waals surface area contributed by atoms with Crippen LogP contribution in [0.4, 0.5) is 4.39 Å². The van der Waals surface area contributed by atoms with Crippen molar-refractivity contribution in [1.82, 2.24) is 19.6 Å². The molecule has 0 N–H and O–H groups in total. The van der Waals surface area contributed by atoms with Gasteiger partial charge in [0.2, 0.25) is 5.16 Å². The Kier molecular flexibility index (Phi) is 5.00. The first kappa shape index (κ1) is 19.2. The van der Waals surface area contributed by atoms with Crippen LogP contribution in [0.15, 0.2) is 59.9 Å². The molecule has 30 heavy (non-hydrogen) atoms. The molecular formula is C22H16ClFN4OS. The van der Waals surface area contributed by atoms with Gasteiger partial charge in [0, 0.05) is 23.4 Å². The lowest BCUT2D eigenvalue weighted by Crippen LogP contribution is -2.21. The van der Waals surface area contributed by atoms with Gasteiger partial charge in [0.25, 0.3) is 5.78 Å². The van der Waals surface area contributed by atoms with Gasteiger partial charge in [0.1, 0.15) is 5.82 Å². The molecule has 0 amide bonds. The maximum Gasteiger partial charge on any atom is 0.253 e. The molecule has 1 atom stereocenters. The number of fused-ring (bicyclic) bond motifs is 2. The first-order valence-electron chi connectivity index (χ1n) is 9.48. The number of Topliss-reactive ketones (excluding diaryl/α,β-unsaturated/α-hetero) is 1. The molecule has 0 radical (unpaired) electrons. The van der Waals surface area contributed by atoms with Gasteiger partial charge < -0.3 is 0 Å². The minimum absolute atomic E-state index is 0.0146. The summed E-state index contributed by atoms with van der Waals surface area (Å²) < 4.78 is 14.8. The Balaban J connectivity index is 1.41. The molecule has 5 nitrogen and oxygen atoms in total. The van der Waals surface area contributed by atoms with Gasteiger partial charge in [0.15, 0.2) is 5.78 Å². The SMILES string of the molecule is O=C1C[C@H](c2ccc(F)cc2)Cc2nc3nc(SCc4ccccc4Cl)nn3cc21. The molecule has 2 aromatic heterocycles. The summed E-state index contributed by atoms with van der Waals surface area (Å²) in [6.45, 7) is 0. The summed E-state index contributed by atoms with van der Waals surface area (Å²) in [5.74, 6) is 0.814. The van der Waals surface area contributed by atoms with Crippen LogP contribution in [-0.2, 0) is 12.2 Å². The van der Waals surface area contributed by atoms with E-state index in [0.29, 0.717) is 45.8 Å². The lowest BCUT2D eigenvalue weighted by molar-refractivity contribution is 0.0962. The molecule has 0 fully saturated rings. The highest BCUT2D eigenvalue weighted by molar-refractivity contribution is 7.98. The van der Waals surface area contributed by atoms with Gasteiger partial charge in [-0.25, -0.2) is 13.9 Å². The summed E-state index contributed by atoms with van der Waals surface area (Å²) in [7, 11) is 0. The normalized spacial score (nSPS) is 16.1. The number of rotatable bonds is 4. The largest absolute Gasteiger partial charge is 0.294 e. The Morgan fingerprint density at radius 1 is 1.10 bits per heavy atom. The molecular weight excluding hydrogens is 423 g/mol. The van der Waals surface area contributed by atoms with E-state index in [1.54, 1.807) is 22.8 Å². The van der Waals surface area contributed by atoms with E-state index in [9.17, 15) is 9.18 Å². The average Bonchev–Trinajstić information content (AvgIpc) is 3.14. The quantitative estimate of drug-likeness (QED) is 0.414. The van der Waals surface area contributed by atoms with Crippen LogP contribution in [0.1, 0.15) is 39.5 Å². The molecule has 0 saturated carbocycles. The van der Waals surface area contributed by atoms with Gasteiger partial charge >= 0.3 is 0 Å². The lowest BCUT2D eigenvalue weighted by Gasteiger charge is -2.23. The van der Waals surface area contributed by atoms with E-state index in [2.05, 4.69) is 15.1 Å². The van der Waals surface area contributed by atoms with Gasteiger partial charge in [-0.3, -0.25) is 4.79 Å². The Hall–Kier alpha value is -2.77. The second-order valence-electron chi connectivity index (χ2n) is 7.20. The fourth-order valence-electron chi connectivity index (χ4n) is 3.65. The van der Waals surface area contributed by atoms with Crippen molar-refractivity contribution in [3.8, 4) is 0 Å². The molecule has 5 rings (SSSR count).